The van der Waals surface area contributed by atoms with Crippen molar-refractivity contribution in [3.63, 3.8) is 0 Å². The second-order valence-electron chi connectivity index (χ2n) is 6.71. The van der Waals surface area contributed by atoms with E-state index in [0.717, 1.165) is 34.0 Å². The predicted octanol–water partition coefficient (Wildman–Crippen LogP) is 6.00. The minimum atomic E-state index is 0. The van der Waals surface area contributed by atoms with Gasteiger partial charge in [-0.15, -0.1) is 48.0 Å². The van der Waals surface area contributed by atoms with Crippen LogP contribution in [0, 0.1) is 12.1 Å². The average Bonchev–Trinajstić information content (AvgIpc) is 3.36. The van der Waals surface area contributed by atoms with Crippen molar-refractivity contribution >= 4 is 17.1 Å². The Kier molecular flexibility index (Phi) is 6.39. The van der Waals surface area contributed by atoms with Crippen molar-refractivity contribution in [3.8, 4) is 16.9 Å². The van der Waals surface area contributed by atoms with Gasteiger partial charge in [0, 0.05) is 24.3 Å². The van der Waals surface area contributed by atoms with E-state index in [0.29, 0.717) is 0 Å². The molecule has 2 aromatic heterocycles. The maximum Gasteiger partial charge on any atom is 2.00 e. The molecule has 0 aliphatic carbocycles. The fourth-order valence-corrected chi connectivity index (χ4v) is 3.36. The van der Waals surface area contributed by atoms with Crippen LogP contribution in [0.4, 0.5) is 17.1 Å². The summed E-state index contributed by atoms with van der Waals surface area (Å²) in [5.74, 6) is 0. The van der Waals surface area contributed by atoms with Crippen LogP contribution in [-0.4, -0.2) is 14.8 Å². The summed E-state index contributed by atoms with van der Waals surface area (Å²) in [6, 6.07) is 37.2. The second kappa shape index (κ2) is 9.55. The molecular formula is C26H18N4Pt. The van der Waals surface area contributed by atoms with E-state index in [2.05, 4.69) is 39.2 Å². The van der Waals surface area contributed by atoms with Crippen LogP contribution >= 0.6 is 0 Å². The van der Waals surface area contributed by atoms with Crippen LogP contribution in [0.15, 0.2) is 110 Å². The van der Waals surface area contributed by atoms with Gasteiger partial charge in [-0.2, -0.15) is 11.2 Å². The molecule has 152 valence electrons. The SMILES string of the molecule is [Pt+2].[c-]1c(-c2ccccn2)cccc1N(c1[c-]c(-n2cccn2)ccc1)c1ccccc1. The fraction of sp³-hybridized carbons (Fsp3) is 0. The summed E-state index contributed by atoms with van der Waals surface area (Å²) in [6.07, 6.45) is 5.47. The number of aromatic nitrogens is 3. The fourth-order valence-electron chi connectivity index (χ4n) is 3.36. The number of nitrogens with zero attached hydrogens (tertiary/aromatic N) is 4. The van der Waals surface area contributed by atoms with Crippen LogP contribution in [-0.2, 0) is 21.1 Å². The van der Waals surface area contributed by atoms with Gasteiger partial charge in [-0.3, -0.25) is 4.68 Å². The molecule has 4 nitrogen and oxygen atoms in total. The van der Waals surface area contributed by atoms with Gasteiger partial charge in [0.1, 0.15) is 0 Å². The zero-order valence-electron chi connectivity index (χ0n) is 16.5. The zero-order valence-corrected chi connectivity index (χ0v) is 18.8. The summed E-state index contributed by atoms with van der Waals surface area (Å²) in [4.78, 5) is 6.61. The van der Waals surface area contributed by atoms with E-state index in [-0.39, 0.29) is 21.1 Å². The topological polar surface area (TPSA) is 34.0 Å². The molecule has 5 rings (SSSR count). The van der Waals surface area contributed by atoms with Gasteiger partial charge >= 0.3 is 21.1 Å². The average molecular weight is 582 g/mol. The first kappa shape index (κ1) is 20.8. The molecule has 0 saturated carbocycles. The van der Waals surface area contributed by atoms with E-state index in [9.17, 15) is 0 Å². The second-order valence-corrected chi connectivity index (χ2v) is 6.71. The zero-order chi connectivity index (χ0) is 20.2. The number of hydrogen-bond donors (Lipinski definition) is 0. The maximum atomic E-state index is 4.47. The Morgan fingerprint density at radius 2 is 1.45 bits per heavy atom. The van der Waals surface area contributed by atoms with Gasteiger partial charge < -0.3 is 9.88 Å². The van der Waals surface area contributed by atoms with Crippen LogP contribution in [0.1, 0.15) is 0 Å². The molecule has 0 aliphatic rings. The van der Waals surface area contributed by atoms with Crippen LogP contribution < -0.4 is 4.90 Å². The first-order valence-electron chi connectivity index (χ1n) is 9.70. The van der Waals surface area contributed by atoms with Crippen LogP contribution in [0.5, 0.6) is 0 Å². The van der Waals surface area contributed by atoms with Gasteiger partial charge in [0.15, 0.2) is 0 Å². The molecule has 0 atom stereocenters. The summed E-state index contributed by atoms with van der Waals surface area (Å²) in [6.45, 7) is 0. The van der Waals surface area contributed by atoms with E-state index in [4.69, 9.17) is 0 Å². The molecule has 0 aliphatic heterocycles. The third kappa shape index (κ3) is 4.50. The van der Waals surface area contributed by atoms with Crippen LogP contribution in [0.2, 0.25) is 0 Å². The van der Waals surface area contributed by atoms with E-state index < -0.39 is 0 Å². The van der Waals surface area contributed by atoms with E-state index in [1.54, 1.807) is 17.1 Å². The molecule has 0 saturated heterocycles. The number of para-hydroxylation sites is 1. The van der Waals surface area contributed by atoms with E-state index in [1.165, 1.54) is 0 Å². The van der Waals surface area contributed by atoms with Gasteiger partial charge in [0.25, 0.3) is 0 Å². The molecule has 0 N–H and O–H groups in total. The molecule has 31 heavy (non-hydrogen) atoms. The van der Waals surface area contributed by atoms with Gasteiger partial charge in [0.2, 0.25) is 0 Å². The number of benzene rings is 3. The summed E-state index contributed by atoms with van der Waals surface area (Å²) in [5, 5.41) is 4.34. The Morgan fingerprint density at radius 3 is 2.19 bits per heavy atom. The van der Waals surface area contributed by atoms with Crippen molar-refractivity contribution in [3.05, 3.63) is 122 Å². The molecule has 0 radical (unpaired) electrons. The minimum Gasteiger partial charge on any atom is -0.352 e. The molecule has 5 aromatic rings. The number of rotatable bonds is 5. The molecule has 5 heteroatoms. The maximum absolute atomic E-state index is 4.47. The molecule has 0 bridgehead atoms. The molecular weight excluding hydrogens is 563 g/mol. The molecule has 0 amide bonds. The van der Waals surface area contributed by atoms with Crippen molar-refractivity contribution in [2.45, 2.75) is 0 Å². The predicted molar refractivity (Wildman–Crippen MR) is 119 cm³/mol. The smallest absolute Gasteiger partial charge is 0.352 e. The minimum absolute atomic E-state index is 0. The number of hydrogen-bond acceptors (Lipinski definition) is 3. The monoisotopic (exact) mass is 581 g/mol. The first-order valence-corrected chi connectivity index (χ1v) is 9.70. The van der Waals surface area contributed by atoms with Crippen LogP contribution in [0.3, 0.4) is 0 Å². The quantitative estimate of drug-likeness (QED) is 0.239. The molecule has 0 fully saturated rings. The summed E-state index contributed by atoms with van der Waals surface area (Å²) < 4.78 is 1.81. The standard InChI is InChI=1S/C26H18N4.Pt/c1-2-10-22(11-3-1)30(25-14-7-12-23(20-25)29-18-8-17-28-29)24-13-6-9-21(19-24)26-15-4-5-16-27-26;/h1-18H;/q-2;+2. The van der Waals surface area contributed by atoms with Crippen molar-refractivity contribution in [1.29, 1.82) is 0 Å². The normalized spacial score (nSPS) is 10.3. The Labute approximate surface area is 196 Å². The summed E-state index contributed by atoms with van der Waals surface area (Å²) >= 11 is 0. The molecule has 0 spiro atoms. The Hall–Kier alpha value is -3.49. The summed E-state index contributed by atoms with van der Waals surface area (Å²) in [7, 11) is 0. The molecule has 2 heterocycles. The molecule has 0 unspecified atom stereocenters. The Morgan fingerprint density at radius 1 is 0.677 bits per heavy atom. The first-order chi connectivity index (χ1) is 14.9. The Bertz CT molecular complexity index is 1240. The van der Waals surface area contributed by atoms with E-state index >= 15 is 0 Å². The van der Waals surface area contributed by atoms with Gasteiger partial charge in [0.05, 0.1) is 0 Å². The van der Waals surface area contributed by atoms with Gasteiger partial charge in [-0.25, -0.2) is 0 Å². The summed E-state index contributed by atoms with van der Waals surface area (Å²) in [5.41, 5.74) is 5.56. The number of pyridine rings is 1. The number of anilines is 3. The van der Waals surface area contributed by atoms with E-state index in [1.807, 2.05) is 85.1 Å². The van der Waals surface area contributed by atoms with Gasteiger partial charge in [-0.1, -0.05) is 36.0 Å². The van der Waals surface area contributed by atoms with Gasteiger partial charge in [-0.05, 0) is 41.3 Å². The third-order valence-corrected chi connectivity index (χ3v) is 4.73. The van der Waals surface area contributed by atoms with Crippen molar-refractivity contribution < 1.29 is 21.1 Å². The Balaban J connectivity index is 0.00000231. The van der Waals surface area contributed by atoms with Crippen molar-refractivity contribution in [1.82, 2.24) is 14.8 Å². The van der Waals surface area contributed by atoms with Crippen molar-refractivity contribution in [2.75, 3.05) is 4.90 Å². The third-order valence-electron chi connectivity index (χ3n) is 4.73. The largest absolute Gasteiger partial charge is 2.00 e. The van der Waals surface area contributed by atoms with Crippen LogP contribution in [0.25, 0.3) is 16.9 Å². The van der Waals surface area contributed by atoms with Crippen molar-refractivity contribution in [2.24, 2.45) is 0 Å². The molecule has 3 aromatic carbocycles.